The number of hydrogen-bond donors (Lipinski definition) is 0. The summed E-state index contributed by atoms with van der Waals surface area (Å²) in [5, 5.41) is 0.774. The molecule has 0 aliphatic carbocycles. The largest absolute Gasteiger partial charge is 0.126 e. The lowest BCUT2D eigenvalue weighted by Crippen LogP contribution is -2.02. The van der Waals surface area contributed by atoms with Gasteiger partial charge in [0.25, 0.3) is 0 Å². The van der Waals surface area contributed by atoms with E-state index in [1.165, 1.54) is 10.5 Å². The predicted octanol–water partition coefficient (Wildman–Crippen LogP) is 5.84. The number of rotatable bonds is 6. The SMILES string of the molecule is ClCC(CCSc1ccccc1)c1ccc(Cl)cc1. The van der Waals surface area contributed by atoms with Gasteiger partial charge in [-0.25, -0.2) is 0 Å². The predicted molar refractivity (Wildman–Crippen MR) is 86.7 cm³/mol. The Labute approximate surface area is 129 Å². The lowest BCUT2D eigenvalue weighted by molar-refractivity contribution is 0.748. The van der Waals surface area contributed by atoms with E-state index in [1.807, 2.05) is 30.0 Å². The smallest absolute Gasteiger partial charge is 0.0406 e. The summed E-state index contributed by atoms with van der Waals surface area (Å²) >= 11 is 13.9. The third-order valence-electron chi connectivity index (χ3n) is 3.01. The highest BCUT2D eigenvalue weighted by atomic mass is 35.5. The van der Waals surface area contributed by atoms with Gasteiger partial charge in [0.2, 0.25) is 0 Å². The number of thioether (sulfide) groups is 1. The molecule has 2 rings (SSSR count). The van der Waals surface area contributed by atoms with Crippen LogP contribution in [0.15, 0.2) is 59.5 Å². The standard InChI is InChI=1S/C16H16Cl2S/c17-12-14(13-6-8-15(18)9-7-13)10-11-19-16-4-2-1-3-5-16/h1-9,14H,10-12H2. The van der Waals surface area contributed by atoms with Crippen molar-refractivity contribution < 1.29 is 0 Å². The molecule has 2 aromatic rings. The quantitative estimate of drug-likeness (QED) is 0.476. The molecular weight excluding hydrogens is 295 g/mol. The summed E-state index contributed by atoms with van der Waals surface area (Å²) in [6.07, 6.45) is 1.07. The first-order valence-corrected chi connectivity index (χ1v) is 8.18. The minimum atomic E-state index is 0.398. The van der Waals surface area contributed by atoms with Gasteiger partial charge in [-0.3, -0.25) is 0 Å². The molecule has 0 nitrogen and oxygen atoms in total. The van der Waals surface area contributed by atoms with Crippen molar-refractivity contribution in [2.45, 2.75) is 17.2 Å². The van der Waals surface area contributed by atoms with Crippen molar-refractivity contribution in [3.63, 3.8) is 0 Å². The van der Waals surface area contributed by atoms with Crippen LogP contribution in [0.25, 0.3) is 0 Å². The van der Waals surface area contributed by atoms with Crippen molar-refractivity contribution in [2.75, 3.05) is 11.6 Å². The maximum absolute atomic E-state index is 6.08. The zero-order chi connectivity index (χ0) is 13.5. The van der Waals surface area contributed by atoms with E-state index in [0.29, 0.717) is 11.8 Å². The summed E-state index contributed by atoms with van der Waals surface area (Å²) in [4.78, 5) is 1.31. The number of benzene rings is 2. The summed E-state index contributed by atoms with van der Waals surface area (Å²) in [5.41, 5.74) is 1.27. The molecule has 0 aliphatic heterocycles. The Hall–Kier alpha value is -0.630. The van der Waals surface area contributed by atoms with Gasteiger partial charge in [0.1, 0.15) is 0 Å². The van der Waals surface area contributed by atoms with Crippen LogP contribution in [0.2, 0.25) is 5.02 Å². The van der Waals surface area contributed by atoms with E-state index in [9.17, 15) is 0 Å². The van der Waals surface area contributed by atoms with E-state index < -0.39 is 0 Å². The molecular formula is C16H16Cl2S. The normalized spacial score (nSPS) is 12.3. The minimum absolute atomic E-state index is 0.398. The maximum atomic E-state index is 6.08. The Morgan fingerprint density at radius 3 is 2.26 bits per heavy atom. The van der Waals surface area contributed by atoms with Crippen molar-refractivity contribution in [2.24, 2.45) is 0 Å². The molecule has 0 saturated carbocycles. The average Bonchev–Trinajstić information content (AvgIpc) is 2.46. The number of hydrogen-bond acceptors (Lipinski definition) is 1. The van der Waals surface area contributed by atoms with Crippen LogP contribution in [0, 0.1) is 0 Å². The average molecular weight is 311 g/mol. The molecule has 100 valence electrons. The molecule has 0 radical (unpaired) electrons. The first-order chi connectivity index (χ1) is 9.29. The fourth-order valence-corrected chi connectivity index (χ4v) is 3.35. The molecule has 0 saturated heterocycles. The van der Waals surface area contributed by atoms with Crippen molar-refractivity contribution in [3.05, 3.63) is 65.2 Å². The highest BCUT2D eigenvalue weighted by Crippen LogP contribution is 2.27. The van der Waals surface area contributed by atoms with Gasteiger partial charge in [-0.05, 0) is 47.9 Å². The van der Waals surface area contributed by atoms with Crippen molar-refractivity contribution >= 4 is 35.0 Å². The highest BCUT2D eigenvalue weighted by molar-refractivity contribution is 7.99. The number of alkyl halides is 1. The van der Waals surface area contributed by atoms with Crippen LogP contribution in [0.5, 0.6) is 0 Å². The Kier molecular flexibility index (Phi) is 6.09. The van der Waals surface area contributed by atoms with Crippen LogP contribution in [0.1, 0.15) is 17.9 Å². The Bertz CT molecular complexity index is 482. The minimum Gasteiger partial charge on any atom is -0.126 e. The second-order valence-electron chi connectivity index (χ2n) is 4.35. The number of halogens is 2. The molecule has 0 fully saturated rings. The third-order valence-corrected chi connectivity index (χ3v) is 4.68. The first kappa shape index (κ1) is 14.8. The van der Waals surface area contributed by atoms with E-state index in [4.69, 9.17) is 23.2 Å². The second kappa shape index (κ2) is 7.84. The van der Waals surface area contributed by atoms with Crippen molar-refractivity contribution in [1.29, 1.82) is 0 Å². The van der Waals surface area contributed by atoms with E-state index in [-0.39, 0.29) is 0 Å². The van der Waals surface area contributed by atoms with Crippen LogP contribution < -0.4 is 0 Å². The lowest BCUT2D eigenvalue weighted by atomic mass is 9.99. The fraction of sp³-hybridized carbons (Fsp3) is 0.250. The van der Waals surface area contributed by atoms with E-state index in [2.05, 4.69) is 36.4 Å². The second-order valence-corrected chi connectivity index (χ2v) is 6.27. The summed E-state index contributed by atoms with van der Waals surface area (Å²) < 4.78 is 0. The van der Waals surface area contributed by atoms with Gasteiger partial charge in [-0.2, -0.15) is 0 Å². The van der Waals surface area contributed by atoms with Crippen LogP contribution in [0.3, 0.4) is 0 Å². The monoisotopic (exact) mass is 310 g/mol. The van der Waals surface area contributed by atoms with E-state index >= 15 is 0 Å². The zero-order valence-corrected chi connectivity index (χ0v) is 12.9. The molecule has 0 N–H and O–H groups in total. The third kappa shape index (κ3) is 4.76. The lowest BCUT2D eigenvalue weighted by Gasteiger charge is -2.14. The molecule has 1 atom stereocenters. The molecule has 0 bridgehead atoms. The van der Waals surface area contributed by atoms with E-state index in [1.54, 1.807) is 0 Å². The Morgan fingerprint density at radius 1 is 0.947 bits per heavy atom. The van der Waals surface area contributed by atoms with Gasteiger partial charge in [0.15, 0.2) is 0 Å². The molecule has 0 aromatic heterocycles. The summed E-state index contributed by atoms with van der Waals surface area (Å²) in [6.45, 7) is 0. The van der Waals surface area contributed by atoms with Crippen molar-refractivity contribution in [1.82, 2.24) is 0 Å². The molecule has 3 heteroatoms. The fourth-order valence-electron chi connectivity index (χ4n) is 1.90. The van der Waals surface area contributed by atoms with Gasteiger partial charge in [0.05, 0.1) is 0 Å². The molecule has 1 unspecified atom stereocenters. The summed E-state index contributed by atoms with van der Waals surface area (Å²) in [5.74, 6) is 2.12. The highest BCUT2D eigenvalue weighted by Gasteiger charge is 2.10. The van der Waals surface area contributed by atoms with E-state index in [0.717, 1.165) is 17.2 Å². The molecule has 0 heterocycles. The van der Waals surface area contributed by atoms with Crippen LogP contribution in [0.4, 0.5) is 0 Å². The maximum Gasteiger partial charge on any atom is 0.0406 e. The van der Waals surface area contributed by atoms with Crippen LogP contribution in [-0.2, 0) is 0 Å². The topological polar surface area (TPSA) is 0 Å². The zero-order valence-electron chi connectivity index (χ0n) is 10.6. The first-order valence-electron chi connectivity index (χ1n) is 6.29. The molecule has 2 aromatic carbocycles. The molecule has 0 amide bonds. The van der Waals surface area contributed by atoms with Gasteiger partial charge in [-0.1, -0.05) is 41.9 Å². The van der Waals surface area contributed by atoms with Crippen LogP contribution in [-0.4, -0.2) is 11.6 Å². The van der Waals surface area contributed by atoms with Crippen molar-refractivity contribution in [3.8, 4) is 0 Å². The van der Waals surface area contributed by atoms with Crippen LogP contribution >= 0.6 is 35.0 Å². The molecule has 0 aliphatic rings. The van der Waals surface area contributed by atoms with Gasteiger partial charge < -0.3 is 0 Å². The van der Waals surface area contributed by atoms with Gasteiger partial charge >= 0.3 is 0 Å². The Morgan fingerprint density at radius 2 is 1.63 bits per heavy atom. The molecule has 0 spiro atoms. The van der Waals surface area contributed by atoms with Gasteiger partial charge in [0, 0.05) is 15.8 Å². The molecule has 19 heavy (non-hydrogen) atoms. The van der Waals surface area contributed by atoms with Gasteiger partial charge in [-0.15, -0.1) is 23.4 Å². The summed E-state index contributed by atoms with van der Waals surface area (Å²) in [6, 6.07) is 18.5. The summed E-state index contributed by atoms with van der Waals surface area (Å²) in [7, 11) is 0. The Balaban J connectivity index is 1.87.